The van der Waals surface area contributed by atoms with Gasteiger partial charge >= 0.3 is 6.09 Å². The normalized spacial score (nSPS) is 28.2. The molecule has 2 aliphatic heterocycles. The van der Waals surface area contributed by atoms with E-state index in [0.29, 0.717) is 0 Å². The SMILES string of the molecule is CC(C)(C)OC(=O)N1CCCC2(CCN(C(C)(C)C)C2)C1. The molecule has 0 N–H and O–H groups in total. The first-order valence-electron chi connectivity index (χ1n) is 8.24. The van der Waals surface area contributed by atoms with Gasteiger partial charge in [0, 0.05) is 30.6 Å². The number of piperidine rings is 1. The van der Waals surface area contributed by atoms with Crippen LogP contribution in [-0.4, -0.2) is 53.2 Å². The number of ether oxygens (including phenoxy) is 1. The monoisotopic (exact) mass is 296 g/mol. The lowest BCUT2D eigenvalue weighted by Gasteiger charge is -2.42. The Balaban J connectivity index is 2.00. The lowest BCUT2D eigenvalue weighted by molar-refractivity contribution is 0.00395. The van der Waals surface area contributed by atoms with Crippen LogP contribution >= 0.6 is 0 Å². The van der Waals surface area contributed by atoms with Gasteiger partial charge in [0.05, 0.1) is 0 Å². The van der Waals surface area contributed by atoms with Crippen molar-refractivity contribution in [2.75, 3.05) is 26.2 Å². The average molecular weight is 296 g/mol. The summed E-state index contributed by atoms with van der Waals surface area (Å²) in [6, 6.07) is 0. The Morgan fingerprint density at radius 3 is 2.19 bits per heavy atom. The van der Waals surface area contributed by atoms with Crippen molar-refractivity contribution >= 4 is 6.09 Å². The fraction of sp³-hybridized carbons (Fsp3) is 0.941. The Kier molecular flexibility index (Phi) is 4.31. The molecule has 0 bridgehead atoms. The van der Waals surface area contributed by atoms with E-state index in [1.807, 2.05) is 25.7 Å². The molecule has 0 aliphatic carbocycles. The molecule has 2 heterocycles. The molecule has 0 aromatic carbocycles. The molecule has 0 aromatic heterocycles. The standard InChI is InChI=1S/C17H32N2O2/c1-15(2,3)19-11-9-17(13-19)8-7-10-18(12-17)14(20)21-16(4,5)6/h7-13H2,1-6H3. The van der Waals surface area contributed by atoms with Crippen molar-refractivity contribution in [1.82, 2.24) is 9.80 Å². The van der Waals surface area contributed by atoms with E-state index in [1.165, 1.54) is 12.8 Å². The van der Waals surface area contributed by atoms with Crippen LogP contribution in [0.4, 0.5) is 4.79 Å². The Bertz CT molecular complexity index is 395. The van der Waals surface area contributed by atoms with Crippen molar-refractivity contribution in [3.63, 3.8) is 0 Å². The van der Waals surface area contributed by atoms with E-state index < -0.39 is 5.60 Å². The minimum absolute atomic E-state index is 0.143. The van der Waals surface area contributed by atoms with E-state index in [4.69, 9.17) is 4.74 Å². The third-order valence-corrected chi connectivity index (χ3v) is 4.70. The molecule has 1 unspecified atom stereocenters. The van der Waals surface area contributed by atoms with E-state index in [1.54, 1.807) is 0 Å². The Labute approximate surface area is 129 Å². The molecule has 2 rings (SSSR count). The molecule has 0 radical (unpaired) electrons. The van der Waals surface area contributed by atoms with Gasteiger partial charge in [-0.3, -0.25) is 4.90 Å². The molecule has 0 aromatic rings. The molecule has 1 amide bonds. The summed E-state index contributed by atoms with van der Waals surface area (Å²) in [6.45, 7) is 16.6. The van der Waals surface area contributed by atoms with Crippen LogP contribution in [-0.2, 0) is 4.74 Å². The van der Waals surface area contributed by atoms with Crippen molar-refractivity contribution in [2.45, 2.75) is 71.9 Å². The average Bonchev–Trinajstić information content (AvgIpc) is 2.70. The fourth-order valence-electron chi connectivity index (χ4n) is 3.53. The van der Waals surface area contributed by atoms with Gasteiger partial charge in [-0.25, -0.2) is 4.79 Å². The maximum absolute atomic E-state index is 12.3. The first-order chi connectivity index (χ1) is 9.51. The minimum Gasteiger partial charge on any atom is -0.444 e. The van der Waals surface area contributed by atoms with Gasteiger partial charge < -0.3 is 9.64 Å². The summed E-state index contributed by atoms with van der Waals surface area (Å²) in [5.74, 6) is 0. The zero-order valence-corrected chi connectivity index (χ0v) is 14.7. The van der Waals surface area contributed by atoms with Crippen molar-refractivity contribution in [3.8, 4) is 0 Å². The van der Waals surface area contributed by atoms with Gasteiger partial charge in [-0.1, -0.05) is 0 Å². The molecule has 1 spiro atoms. The zero-order valence-electron chi connectivity index (χ0n) is 14.7. The minimum atomic E-state index is -0.408. The van der Waals surface area contributed by atoms with E-state index in [2.05, 4.69) is 25.7 Å². The molecule has 2 saturated heterocycles. The van der Waals surface area contributed by atoms with Crippen LogP contribution in [0.3, 0.4) is 0 Å². The smallest absolute Gasteiger partial charge is 0.410 e. The Morgan fingerprint density at radius 1 is 1.00 bits per heavy atom. The van der Waals surface area contributed by atoms with Gasteiger partial charge in [0.15, 0.2) is 0 Å². The molecule has 2 fully saturated rings. The highest BCUT2D eigenvalue weighted by molar-refractivity contribution is 5.68. The second-order valence-corrected chi connectivity index (χ2v) is 8.85. The Morgan fingerprint density at radius 2 is 1.67 bits per heavy atom. The summed E-state index contributed by atoms with van der Waals surface area (Å²) in [5, 5.41) is 0. The zero-order chi connectivity index (χ0) is 15.9. The van der Waals surface area contributed by atoms with Crippen molar-refractivity contribution in [1.29, 1.82) is 0 Å². The van der Waals surface area contributed by atoms with Gasteiger partial charge in [-0.2, -0.15) is 0 Å². The molecule has 4 nitrogen and oxygen atoms in total. The van der Waals surface area contributed by atoms with Crippen LogP contribution < -0.4 is 0 Å². The molecule has 1 atom stereocenters. The largest absolute Gasteiger partial charge is 0.444 e. The van der Waals surface area contributed by atoms with Crippen LogP contribution in [0, 0.1) is 5.41 Å². The van der Waals surface area contributed by atoms with Gasteiger partial charge in [0.25, 0.3) is 0 Å². The Hall–Kier alpha value is -0.770. The highest BCUT2D eigenvalue weighted by atomic mass is 16.6. The van der Waals surface area contributed by atoms with Crippen LogP contribution in [0.5, 0.6) is 0 Å². The maximum atomic E-state index is 12.3. The van der Waals surface area contributed by atoms with Crippen molar-refractivity contribution in [3.05, 3.63) is 0 Å². The summed E-state index contributed by atoms with van der Waals surface area (Å²) in [6.07, 6.45) is 3.38. The van der Waals surface area contributed by atoms with Crippen LogP contribution in [0.15, 0.2) is 0 Å². The van der Waals surface area contributed by atoms with E-state index in [-0.39, 0.29) is 17.0 Å². The summed E-state index contributed by atoms with van der Waals surface area (Å²) in [5.41, 5.74) is 0.0922. The van der Waals surface area contributed by atoms with Gasteiger partial charge in [0.1, 0.15) is 5.60 Å². The predicted octanol–water partition coefficient (Wildman–Crippen LogP) is 3.51. The summed E-state index contributed by atoms with van der Waals surface area (Å²) >= 11 is 0. The molecule has 2 aliphatic rings. The fourth-order valence-corrected chi connectivity index (χ4v) is 3.53. The van der Waals surface area contributed by atoms with Crippen molar-refractivity contribution < 1.29 is 9.53 Å². The highest BCUT2D eigenvalue weighted by Crippen LogP contribution is 2.41. The second kappa shape index (κ2) is 5.45. The first-order valence-corrected chi connectivity index (χ1v) is 8.24. The van der Waals surface area contributed by atoms with Gasteiger partial charge in [-0.15, -0.1) is 0 Å². The summed E-state index contributed by atoms with van der Waals surface area (Å²) in [4.78, 5) is 16.8. The third-order valence-electron chi connectivity index (χ3n) is 4.70. The lowest BCUT2D eigenvalue weighted by atomic mass is 9.79. The first kappa shape index (κ1) is 16.6. The second-order valence-electron chi connectivity index (χ2n) is 8.85. The topological polar surface area (TPSA) is 32.8 Å². The third kappa shape index (κ3) is 4.12. The number of rotatable bonds is 0. The van der Waals surface area contributed by atoms with E-state index in [9.17, 15) is 4.79 Å². The molecular formula is C17H32N2O2. The molecule has 4 heteroatoms. The molecule has 122 valence electrons. The highest BCUT2D eigenvalue weighted by Gasteiger charge is 2.45. The van der Waals surface area contributed by atoms with E-state index >= 15 is 0 Å². The maximum Gasteiger partial charge on any atom is 0.410 e. The van der Waals surface area contributed by atoms with Crippen LogP contribution in [0.25, 0.3) is 0 Å². The number of carbonyl (C=O) groups is 1. The van der Waals surface area contributed by atoms with Gasteiger partial charge in [0.2, 0.25) is 0 Å². The predicted molar refractivity (Wildman–Crippen MR) is 85.4 cm³/mol. The number of hydrogen-bond donors (Lipinski definition) is 0. The van der Waals surface area contributed by atoms with Crippen LogP contribution in [0.1, 0.15) is 60.8 Å². The lowest BCUT2D eigenvalue weighted by Crippen LogP contribution is -2.50. The van der Waals surface area contributed by atoms with Crippen molar-refractivity contribution in [2.24, 2.45) is 5.41 Å². The number of likely N-dealkylation sites (tertiary alicyclic amines) is 2. The van der Waals surface area contributed by atoms with Gasteiger partial charge in [-0.05, 0) is 67.3 Å². The van der Waals surface area contributed by atoms with E-state index in [0.717, 1.165) is 32.6 Å². The quantitative estimate of drug-likeness (QED) is 0.686. The number of hydrogen-bond acceptors (Lipinski definition) is 3. The van der Waals surface area contributed by atoms with Crippen LogP contribution in [0.2, 0.25) is 0 Å². The molecule has 0 saturated carbocycles. The summed E-state index contributed by atoms with van der Waals surface area (Å²) < 4.78 is 5.55. The molecule has 21 heavy (non-hydrogen) atoms. The number of amides is 1. The molecular weight excluding hydrogens is 264 g/mol. The number of nitrogens with zero attached hydrogens (tertiary/aromatic N) is 2. The summed E-state index contributed by atoms with van der Waals surface area (Å²) in [7, 11) is 0. The number of carbonyl (C=O) groups excluding carboxylic acids is 1.